The van der Waals surface area contributed by atoms with Crippen molar-refractivity contribution in [1.82, 2.24) is 9.88 Å². The van der Waals surface area contributed by atoms with Crippen molar-refractivity contribution in [1.29, 1.82) is 0 Å². The lowest BCUT2D eigenvalue weighted by atomic mass is 10.1. The van der Waals surface area contributed by atoms with Gasteiger partial charge in [-0.2, -0.15) is 0 Å². The molecule has 0 aliphatic carbocycles. The Bertz CT molecular complexity index is 1110. The van der Waals surface area contributed by atoms with Crippen LogP contribution in [0, 0.1) is 6.92 Å². The topological polar surface area (TPSA) is 98.5 Å². The van der Waals surface area contributed by atoms with Crippen molar-refractivity contribution in [2.24, 2.45) is 0 Å². The van der Waals surface area contributed by atoms with Gasteiger partial charge in [0.05, 0.1) is 29.1 Å². The number of carbonyl (C=O) groups excluding carboxylic acids is 1. The first-order valence-corrected chi connectivity index (χ1v) is 10.1. The first-order valence-electron chi connectivity index (χ1n) is 8.21. The third-order valence-corrected chi connectivity index (χ3v) is 5.85. The van der Waals surface area contributed by atoms with Gasteiger partial charge in [-0.25, -0.2) is 17.9 Å². The SMILES string of the molecule is COC(=O)c1ccc(S(=O)(=O)NCc2noc(-c3ccccc3)c2C)cc1Cl. The Kier molecular flexibility index (Phi) is 5.83. The normalized spacial score (nSPS) is 11.4. The zero-order valence-electron chi connectivity index (χ0n) is 15.1. The van der Waals surface area contributed by atoms with Gasteiger partial charge in [0, 0.05) is 11.1 Å². The number of halogens is 1. The van der Waals surface area contributed by atoms with Gasteiger partial charge in [-0.3, -0.25) is 0 Å². The van der Waals surface area contributed by atoms with Crippen LogP contribution in [0.2, 0.25) is 5.02 Å². The Labute approximate surface area is 167 Å². The summed E-state index contributed by atoms with van der Waals surface area (Å²) in [5.41, 5.74) is 2.16. The van der Waals surface area contributed by atoms with Crippen molar-refractivity contribution < 1.29 is 22.5 Å². The van der Waals surface area contributed by atoms with Crippen molar-refractivity contribution in [2.45, 2.75) is 18.4 Å². The molecular formula is C19H17ClN2O5S. The van der Waals surface area contributed by atoms with E-state index in [4.69, 9.17) is 16.1 Å². The Hall–Kier alpha value is -2.68. The van der Waals surface area contributed by atoms with Gasteiger partial charge in [-0.15, -0.1) is 0 Å². The molecule has 3 rings (SSSR count). The molecule has 0 aliphatic heterocycles. The number of hydrogen-bond donors (Lipinski definition) is 1. The summed E-state index contributed by atoms with van der Waals surface area (Å²) in [6, 6.07) is 13.2. The predicted octanol–water partition coefficient (Wildman–Crippen LogP) is 3.57. The molecule has 0 bridgehead atoms. The zero-order chi connectivity index (χ0) is 20.3. The van der Waals surface area contributed by atoms with Gasteiger partial charge in [0.2, 0.25) is 10.0 Å². The van der Waals surface area contributed by atoms with E-state index in [1.807, 2.05) is 37.3 Å². The zero-order valence-corrected chi connectivity index (χ0v) is 16.7. The summed E-state index contributed by atoms with van der Waals surface area (Å²) in [5, 5.41) is 3.95. The summed E-state index contributed by atoms with van der Waals surface area (Å²) in [4.78, 5) is 11.5. The van der Waals surface area contributed by atoms with Gasteiger partial charge in [-0.1, -0.05) is 47.1 Å². The van der Waals surface area contributed by atoms with Crippen LogP contribution in [-0.4, -0.2) is 26.7 Å². The summed E-state index contributed by atoms with van der Waals surface area (Å²) in [7, 11) is -2.65. The summed E-state index contributed by atoms with van der Waals surface area (Å²) in [6.07, 6.45) is 0. The largest absolute Gasteiger partial charge is 0.465 e. The van der Waals surface area contributed by atoms with E-state index in [1.54, 1.807) is 0 Å². The highest BCUT2D eigenvalue weighted by Gasteiger charge is 2.20. The Morgan fingerprint density at radius 2 is 1.93 bits per heavy atom. The molecule has 3 aromatic rings. The first-order chi connectivity index (χ1) is 13.3. The number of carbonyl (C=O) groups is 1. The molecule has 1 N–H and O–H groups in total. The van der Waals surface area contributed by atoms with E-state index in [-0.39, 0.29) is 22.0 Å². The van der Waals surface area contributed by atoms with Gasteiger partial charge in [-0.05, 0) is 25.1 Å². The molecule has 1 aromatic heterocycles. The number of methoxy groups -OCH3 is 1. The number of sulfonamides is 1. The molecule has 0 fully saturated rings. The summed E-state index contributed by atoms with van der Waals surface area (Å²) >= 11 is 6.00. The Morgan fingerprint density at radius 3 is 2.57 bits per heavy atom. The van der Waals surface area contributed by atoms with Crippen LogP contribution >= 0.6 is 11.6 Å². The van der Waals surface area contributed by atoms with E-state index in [0.29, 0.717) is 11.5 Å². The van der Waals surface area contributed by atoms with Crippen molar-refractivity contribution in [3.8, 4) is 11.3 Å². The average Bonchev–Trinajstić information content (AvgIpc) is 3.07. The third kappa shape index (κ3) is 4.09. The summed E-state index contributed by atoms with van der Waals surface area (Å²) in [6.45, 7) is 1.76. The molecule has 2 aromatic carbocycles. The van der Waals surface area contributed by atoms with Crippen LogP contribution in [-0.2, 0) is 21.3 Å². The second-order valence-corrected chi connectivity index (χ2v) is 8.08. The highest BCUT2D eigenvalue weighted by molar-refractivity contribution is 7.89. The maximum atomic E-state index is 12.6. The van der Waals surface area contributed by atoms with E-state index in [9.17, 15) is 13.2 Å². The number of nitrogens with one attached hydrogen (secondary N) is 1. The monoisotopic (exact) mass is 420 g/mol. The van der Waals surface area contributed by atoms with E-state index >= 15 is 0 Å². The lowest BCUT2D eigenvalue weighted by Crippen LogP contribution is -2.24. The van der Waals surface area contributed by atoms with Crippen molar-refractivity contribution in [3.05, 3.63) is 70.4 Å². The second-order valence-electron chi connectivity index (χ2n) is 5.91. The molecule has 0 aliphatic rings. The maximum Gasteiger partial charge on any atom is 0.339 e. The number of aromatic nitrogens is 1. The Balaban J connectivity index is 1.78. The molecule has 0 amide bonds. The van der Waals surface area contributed by atoms with Crippen molar-refractivity contribution >= 4 is 27.6 Å². The molecule has 0 atom stereocenters. The smallest absolute Gasteiger partial charge is 0.339 e. The molecule has 9 heteroatoms. The molecule has 0 saturated heterocycles. The Morgan fingerprint density at radius 1 is 1.21 bits per heavy atom. The molecule has 1 heterocycles. The van der Waals surface area contributed by atoms with E-state index in [0.717, 1.165) is 11.1 Å². The number of hydrogen-bond acceptors (Lipinski definition) is 6. The quantitative estimate of drug-likeness (QED) is 0.612. The minimum Gasteiger partial charge on any atom is -0.465 e. The fourth-order valence-electron chi connectivity index (χ4n) is 2.58. The van der Waals surface area contributed by atoms with Crippen LogP contribution in [0.25, 0.3) is 11.3 Å². The highest BCUT2D eigenvalue weighted by Crippen LogP contribution is 2.26. The number of ether oxygens (including phenoxy) is 1. The first kappa shape index (κ1) is 20.1. The fraction of sp³-hybridized carbons (Fsp3) is 0.158. The van der Waals surface area contributed by atoms with E-state index in [1.165, 1.54) is 25.3 Å². The van der Waals surface area contributed by atoms with Gasteiger partial charge < -0.3 is 9.26 Å². The molecule has 0 saturated carbocycles. The third-order valence-electron chi connectivity index (χ3n) is 4.14. The maximum absolute atomic E-state index is 12.6. The highest BCUT2D eigenvalue weighted by atomic mass is 35.5. The van der Waals surface area contributed by atoms with Crippen LogP contribution in [0.3, 0.4) is 0 Å². The minimum atomic E-state index is -3.87. The molecule has 146 valence electrons. The molecule has 0 unspecified atom stereocenters. The molecule has 28 heavy (non-hydrogen) atoms. The minimum absolute atomic E-state index is 0.0151. The number of benzene rings is 2. The van der Waals surface area contributed by atoms with Gasteiger partial charge in [0.25, 0.3) is 0 Å². The van der Waals surface area contributed by atoms with Crippen LogP contribution in [0.15, 0.2) is 57.9 Å². The number of esters is 1. The lowest BCUT2D eigenvalue weighted by Gasteiger charge is -2.08. The number of rotatable bonds is 6. The van der Waals surface area contributed by atoms with Crippen LogP contribution in [0.4, 0.5) is 0 Å². The average molecular weight is 421 g/mol. The van der Waals surface area contributed by atoms with Gasteiger partial charge in [0.1, 0.15) is 5.69 Å². The van der Waals surface area contributed by atoms with Crippen molar-refractivity contribution in [3.63, 3.8) is 0 Å². The second kappa shape index (κ2) is 8.14. The predicted molar refractivity (Wildman–Crippen MR) is 103 cm³/mol. The molecular weight excluding hydrogens is 404 g/mol. The fourth-order valence-corrected chi connectivity index (χ4v) is 3.91. The lowest BCUT2D eigenvalue weighted by molar-refractivity contribution is 0.0601. The molecule has 0 radical (unpaired) electrons. The molecule has 7 nitrogen and oxygen atoms in total. The summed E-state index contributed by atoms with van der Waals surface area (Å²) < 4.78 is 37.5. The number of nitrogens with zero attached hydrogens (tertiary/aromatic N) is 1. The van der Waals surface area contributed by atoms with Crippen LogP contribution in [0.1, 0.15) is 21.6 Å². The summed E-state index contributed by atoms with van der Waals surface area (Å²) in [5.74, 6) is -0.0613. The van der Waals surface area contributed by atoms with E-state index in [2.05, 4.69) is 14.6 Å². The molecule has 0 spiro atoms. The van der Waals surface area contributed by atoms with Gasteiger partial charge >= 0.3 is 5.97 Å². The van der Waals surface area contributed by atoms with Crippen molar-refractivity contribution in [2.75, 3.05) is 7.11 Å². The van der Waals surface area contributed by atoms with Crippen LogP contribution < -0.4 is 4.72 Å². The van der Waals surface area contributed by atoms with Gasteiger partial charge in [0.15, 0.2) is 5.76 Å². The van der Waals surface area contributed by atoms with E-state index < -0.39 is 16.0 Å². The van der Waals surface area contributed by atoms with Crippen LogP contribution in [0.5, 0.6) is 0 Å². The standard InChI is InChI=1S/C19H17ClN2O5S/c1-12-17(22-27-18(12)13-6-4-3-5-7-13)11-21-28(24,25)14-8-9-15(16(20)10-14)19(23)26-2/h3-10,21H,11H2,1-2H3.